The molecule has 1 aromatic carbocycles. The maximum absolute atomic E-state index is 13.0. The number of imide groups is 2. The maximum atomic E-state index is 13.0. The highest BCUT2D eigenvalue weighted by Gasteiger charge is 2.44. The highest BCUT2D eigenvalue weighted by molar-refractivity contribution is 6.23. The smallest absolute Gasteiger partial charge is 0.262 e. The lowest BCUT2D eigenvalue weighted by molar-refractivity contribution is -0.136. The van der Waals surface area contributed by atoms with Crippen LogP contribution in [0, 0.1) is 0 Å². The van der Waals surface area contributed by atoms with Crippen molar-refractivity contribution < 1.29 is 42.9 Å². The van der Waals surface area contributed by atoms with Gasteiger partial charge >= 0.3 is 0 Å². The van der Waals surface area contributed by atoms with Crippen LogP contribution in [-0.4, -0.2) is 107 Å². The highest BCUT2D eigenvalue weighted by atomic mass is 16.6. The summed E-state index contributed by atoms with van der Waals surface area (Å²) in [5, 5.41) is 4.31. The molecule has 7 rings (SSSR count). The average molecular weight is 709 g/mol. The molecule has 52 heavy (non-hydrogen) atoms. The number of rotatable bonds is 16. The molecular weight excluding hydrogens is 672 g/mol. The van der Waals surface area contributed by atoms with Crippen molar-refractivity contribution in [2.24, 2.45) is 7.05 Å². The van der Waals surface area contributed by atoms with Crippen LogP contribution in [0.4, 0.5) is 0 Å². The van der Waals surface area contributed by atoms with Crippen molar-refractivity contribution in [2.45, 2.75) is 18.9 Å². The van der Waals surface area contributed by atoms with Crippen LogP contribution in [0.3, 0.4) is 0 Å². The SMILES string of the molecule is Cn1c2ccncc2c2ccc(-c3ccc(OCCOCCOCCOCCOc4ccc5c(c4)C(=O)N(C4CCC(=O)NC4=O)C5=O)nc3)nc21. The Balaban J connectivity index is 0.737. The number of hydrogen-bond acceptors (Lipinski definition) is 12. The molecule has 2 aliphatic heterocycles. The van der Waals surface area contributed by atoms with Crippen LogP contribution in [-0.2, 0) is 30.8 Å². The van der Waals surface area contributed by atoms with Gasteiger partial charge in [-0.25, -0.2) is 9.97 Å². The number of benzene rings is 1. The van der Waals surface area contributed by atoms with Crippen LogP contribution in [0.1, 0.15) is 33.6 Å². The van der Waals surface area contributed by atoms with Crippen LogP contribution in [0.2, 0.25) is 0 Å². The molecule has 0 aliphatic carbocycles. The summed E-state index contributed by atoms with van der Waals surface area (Å²) >= 11 is 0. The largest absolute Gasteiger partial charge is 0.491 e. The number of fused-ring (bicyclic) bond motifs is 4. The molecule has 15 nitrogen and oxygen atoms in total. The van der Waals surface area contributed by atoms with E-state index in [-0.39, 0.29) is 37.2 Å². The third-order valence-corrected chi connectivity index (χ3v) is 8.80. The number of ether oxygens (including phenoxy) is 5. The summed E-state index contributed by atoms with van der Waals surface area (Å²) < 4.78 is 30.1. The van der Waals surface area contributed by atoms with E-state index in [1.165, 1.54) is 12.1 Å². The molecule has 4 amide bonds. The molecule has 15 heteroatoms. The van der Waals surface area contributed by atoms with Crippen LogP contribution in [0.5, 0.6) is 11.6 Å². The molecule has 1 fully saturated rings. The molecule has 2 aliphatic rings. The van der Waals surface area contributed by atoms with Crippen LogP contribution >= 0.6 is 0 Å². The van der Waals surface area contributed by atoms with Gasteiger partial charge in [-0.05, 0) is 48.9 Å². The Morgan fingerprint density at radius 1 is 0.769 bits per heavy atom. The van der Waals surface area contributed by atoms with E-state index in [0.29, 0.717) is 51.3 Å². The van der Waals surface area contributed by atoms with Crippen LogP contribution in [0.25, 0.3) is 33.2 Å². The maximum Gasteiger partial charge on any atom is 0.262 e. The van der Waals surface area contributed by atoms with Gasteiger partial charge in [-0.1, -0.05) is 0 Å². The molecule has 1 saturated heterocycles. The molecule has 1 N–H and O–H groups in total. The van der Waals surface area contributed by atoms with Crippen molar-refractivity contribution in [3.8, 4) is 22.9 Å². The number of carbonyl (C=O) groups excluding carboxylic acids is 4. The molecule has 268 valence electrons. The third kappa shape index (κ3) is 7.32. The zero-order chi connectivity index (χ0) is 36.0. The van der Waals surface area contributed by atoms with Gasteiger partial charge in [0.2, 0.25) is 17.7 Å². The van der Waals surface area contributed by atoms with Gasteiger partial charge in [0, 0.05) is 54.5 Å². The lowest BCUT2D eigenvalue weighted by Gasteiger charge is -2.27. The Bertz CT molecular complexity index is 2130. The van der Waals surface area contributed by atoms with E-state index < -0.39 is 29.7 Å². The molecule has 0 radical (unpaired) electrons. The Labute approximate surface area is 297 Å². The number of hydrogen-bond donors (Lipinski definition) is 1. The summed E-state index contributed by atoms with van der Waals surface area (Å²) in [7, 11) is 2.00. The second-order valence-corrected chi connectivity index (χ2v) is 12.1. The van der Waals surface area contributed by atoms with Crippen molar-refractivity contribution in [1.82, 2.24) is 29.7 Å². The summed E-state index contributed by atoms with van der Waals surface area (Å²) in [6.07, 6.45) is 5.55. The zero-order valence-corrected chi connectivity index (χ0v) is 28.4. The van der Waals surface area contributed by atoms with Crippen LogP contribution < -0.4 is 14.8 Å². The number of aromatic nitrogens is 4. The monoisotopic (exact) mass is 708 g/mol. The fourth-order valence-corrected chi connectivity index (χ4v) is 6.20. The van der Waals surface area contributed by atoms with E-state index in [2.05, 4.69) is 25.9 Å². The number of piperidine rings is 1. The molecule has 1 atom stereocenters. The summed E-state index contributed by atoms with van der Waals surface area (Å²) in [6, 6.07) is 13.3. The molecule has 5 aromatic rings. The van der Waals surface area contributed by atoms with Gasteiger partial charge in [0.25, 0.3) is 11.8 Å². The fraction of sp³-hybridized carbons (Fsp3) is 0.324. The minimum absolute atomic E-state index is 0.0611. The Morgan fingerprint density at radius 3 is 2.23 bits per heavy atom. The number of carbonyl (C=O) groups is 4. The number of nitrogens with one attached hydrogen (secondary N) is 1. The molecule has 6 heterocycles. The number of nitrogens with zero attached hydrogens (tertiary/aromatic N) is 5. The minimum Gasteiger partial charge on any atom is -0.491 e. The van der Waals surface area contributed by atoms with E-state index in [1.807, 2.05) is 37.5 Å². The Hall–Kier alpha value is -5.77. The lowest BCUT2D eigenvalue weighted by Crippen LogP contribution is -2.54. The molecular formula is C37H36N6O9. The first-order chi connectivity index (χ1) is 25.4. The predicted molar refractivity (Wildman–Crippen MR) is 186 cm³/mol. The molecule has 0 bridgehead atoms. The lowest BCUT2D eigenvalue weighted by atomic mass is 10.0. The third-order valence-electron chi connectivity index (χ3n) is 8.80. The van der Waals surface area contributed by atoms with Crippen molar-refractivity contribution >= 4 is 45.6 Å². The zero-order valence-electron chi connectivity index (χ0n) is 28.4. The summed E-state index contributed by atoms with van der Waals surface area (Å²) in [5.74, 6) is -1.33. The topological polar surface area (TPSA) is 173 Å². The van der Waals surface area contributed by atoms with Gasteiger partial charge < -0.3 is 28.3 Å². The van der Waals surface area contributed by atoms with Crippen molar-refractivity contribution in [3.05, 3.63) is 78.2 Å². The van der Waals surface area contributed by atoms with Crippen molar-refractivity contribution in [3.63, 3.8) is 0 Å². The number of aryl methyl sites for hydroxylation is 1. The second-order valence-electron chi connectivity index (χ2n) is 12.1. The quantitative estimate of drug-likeness (QED) is 0.117. The van der Waals surface area contributed by atoms with Gasteiger partial charge in [-0.2, -0.15) is 0 Å². The molecule has 4 aromatic heterocycles. The molecule has 1 unspecified atom stereocenters. The Kier molecular flexibility index (Phi) is 10.4. The first kappa shape index (κ1) is 34.7. The van der Waals surface area contributed by atoms with E-state index in [4.69, 9.17) is 28.7 Å². The predicted octanol–water partition coefficient (Wildman–Crippen LogP) is 3.09. The fourth-order valence-electron chi connectivity index (χ4n) is 6.20. The summed E-state index contributed by atoms with van der Waals surface area (Å²) in [5.41, 5.74) is 4.03. The van der Waals surface area contributed by atoms with E-state index >= 15 is 0 Å². The van der Waals surface area contributed by atoms with Crippen LogP contribution in [0.15, 0.2) is 67.1 Å². The highest BCUT2D eigenvalue weighted by Crippen LogP contribution is 2.31. The van der Waals surface area contributed by atoms with E-state index in [1.54, 1.807) is 18.5 Å². The summed E-state index contributed by atoms with van der Waals surface area (Å²) in [4.78, 5) is 63.9. The van der Waals surface area contributed by atoms with Gasteiger partial charge in [0.1, 0.15) is 30.7 Å². The normalized spacial score (nSPS) is 15.8. The average Bonchev–Trinajstić information content (AvgIpc) is 3.58. The van der Waals surface area contributed by atoms with Crippen molar-refractivity contribution in [2.75, 3.05) is 52.9 Å². The van der Waals surface area contributed by atoms with Gasteiger partial charge in [-0.3, -0.25) is 34.4 Å². The second kappa shape index (κ2) is 15.6. The summed E-state index contributed by atoms with van der Waals surface area (Å²) in [6.45, 7) is 2.76. The number of pyridine rings is 3. The van der Waals surface area contributed by atoms with Gasteiger partial charge in [-0.15, -0.1) is 0 Å². The van der Waals surface area contributed by atoms with E-state index in [0.717, 1.165) is 38.1 Å². The minimum atomic E-state index is -1.01. The molecule has 0 spiro atoms. The number of amides is 4. The first-order valence-corrected chi connectivity index (χ1v) is 16.9. The van der Waals surface area contributed by atoms with Gasteiger partial charge in [0.05, 0.1) is 62.0 Å². The Morgan fingerprint density at radius 2 is 1.50 bits per heavy atom. The first-order valence-electron chi connectivity index (χ1n) is 16.9. The standard InChI is InChI=1S/C37H36N6O9/c1-42-30-10-11-38-22-28(30)25-5-6-29(40-34(25)42)23-2-9-33(39-21-23)52-19-17-50-15-13-48-12-14-49-16-18-51-24-3-4-26-27(20-24)37(47)43(36(26)46)31-7-8-32(44)41-35(31)45/h2-6,9-11,20-22,31H,7-8,12-19H2,1H3,(H,41,44,45). The van der Waals surface area contributed by atoms with Crippen molar-refractivity contribution in [1.29, 1.82) is 0 Å². The van der Waals surface area contributed by atoms with Gasteiger partial charge in [0.15, 0.2) is 0 Å². The molecule has 0 saturated carbocycles. The van der Waals surface area contributed by atoms with E-state index in [9.17, 15) is 19.2 Å².